The normalized spacial score (nSPS) is 13.5. The molecule has 6 nitrogen and oxygen atoms in total. The van der Waals surface area contributed by atoms with Crippen LogP contribution in [0.15, 0.2) is 29.6 Å². The van der Waals surface area contributed by atoms with Crippen molar-refractivity contribution in [1.29, 1.82) is 5.26 Å². The lowest BCUT2D eigenvalue weighted by Crippen LogP contribution is -2.38. The third-order valence-corrected chi connectivity index (χ3v) is 5.01. The monoisotopic (exact) mass is 362 g/mol. The fourth-order valence-corrected chi connectivity index (χ4v) is 3.71. The Morgan fingerprint density at radius 1 is 1.35 bits per heavy atom. The lowest BCUT2D eigenvalue weighted by atomic mass is 10.3. The third-order valence-electron chi connectivity index (χ3n) is 2.64. The summed E-state index contributed by atoms with van der Waals surface area (Å²) in [4.78, 5) is 7.12. The highest BCUT2D eigenvalue weighted by atomic mass is 32.2. The number of alkyl halides is 3. The highest BCUT2D eigenvalue weighted by Crippen LogP contribution is 2.35. The zero-order chi connectivity index (χ0) is 17.3. The van der Waals surface area contributed by atoms with E-state index < -0.39 is 32.1 Å². The Morgan fingerprint density at radius 2 is 2.04 bits per heavy atom. The molecular weight excluding hydrogens is 353 g/mol. The highest BCUT2D eigenvalue weighted by molar-refractivity contribution is 7.89. The van der Waals surface area contributed by atoms with Gasteiger partial charge in [0, 0.05) is 23.5 Å². The van der Waals surface area contributed by atoms with Gasteiger partial charge in [-0.3, -0.25) is 4.98 Å². The smallest absolute Gasteiger partial charge is 0.262 e. The minimum absolute atomic E-state index is 0.0819. The van der Waals surface area contributed by atoms with E-state index >= 15 is 0 Å². The van der Waals surface area contributed by atoms with Gasteiger partial charge >= 0.3 is 6.18 Å². The molecule has 0 aliphatic heterocycles. The van der Waals surface area contributed by atoms with Crippen LogP contribution in [0.1, 0.15) is 21.5 Å². The first-order chi connectivity index (χ1) is 10.6. The minimum atomic E-state index is -4.86. The van der Waals surface area contributed by atoms with E-state index in [0.29, 0.717) is 4.88 Å². The number of nitrogens with zero attached hydrogens (tertiary/aromatic N) is 3. The van der Waals surface area contributed by atoms with Crippen molar-refractivity contribution in [3.05, 3.63) is 40.1 Å². The molecule has 0 aliphatic carbocycles. The predicted octanol–water partition coefficient (Wildman–Crippen LogP) is 2.30. The standard InChI is InChI=1S/C12H9F3N4O2S2/c1-7-4-18-11(22-7)10(12(13,14)15)19-23(20,21)9-2-8(3-16)5-17-6-9/h2,4-6,10,19H,1H3. The van der Waals surface area contributed by atoms with Crippen LogP contribution in [0.3, 0.4) is 0 Å². The van der Waals surface area contributed by atoms with E-state index in [0.717, 1.165) is 29.8 Å². The van der Waals surface area contributed by atoms with Crippen LogP contribution in [0, 0.1) is 18.3 Å². The highest BCUT2D eigenvalue weighted by Gasteiger charge is 2.45. The summed E-state index contributed by atoms with van der Waals surface area (Å²) >= 11 is 0.740. The van der Waals surface area contributed by atoms with Gasteiger partial charge < -0.3 is 0 Å². The van der Waals surface area contributed by atoms with Gasteiger partial charge in [-0.25, -0.2) is 13.4 Å². The first kappa shape index (κ1) is 17.3. The van der Waals surface area contributed by atoms with Crippen LogP contribution in [0.4, 0.5) is 13.2 Å². The molecule has 23 heavy (non-hydrogen) atoms. The Morgan fingerprint density at radius 3 is 2.57 bits per heavy atom. The van der Waals surface area contributed by atoms with E-state index in [1.165, 1.54) is 6.20 Å². The SMILES string of the molecule is Cc1cnc(C(NS(=O)(=O)c2cncc(C#N)c2)C(F)(F)F)s1. The summed E-state index contributed by atoms with van der Waals surface area (Å²) in [6.45, 7) is 1.56. The van der Waals surface area contributed by atoms with E-state index in [1.54, 1.807) is 17.7 Å². The molecule has 0 saturated heterocycles. The molecule has 0 aromatic carbocycles. The van der Waals surface area contributed by atoms with Crippen LogP contribution < -0.4 is 4.72 Å². The van der Waals surface area contributed by atoms with Crippen molar-refractivity contribution in [2.75, 3.05) is 0 Å². The number of aryl methyl sites for hydroxylation is 1. The van der Waals surface area contributed by atoms with Gasteiger partial charge in [-0.2, -0.15) is 23.2 Å². The van der Waals surface area contributed by atoms with Crippen molar-refractivity contribution in [1.82, 2.24) is 14.7 Å². The Balaban J connectivity index is 2.41. The molecule has 2 heterocycles. The van der Waals surface area contributed by atoms with E-state index in [4.69, 9.17) is 5.26 Å². The fraction of sp³-hybridized carbons (Fsp3) is 0.250. The van der Waals surface area contributed by atoms with Gasteiger partial charge in [0.15, 0.2) is 6.04 Å². The zero-order valence-corrected chi connectivity index (χ0v) is 13.1. The van der Waals surface area contributed by atoms with Gasteiger partial charge in [-0.15, -0.1) is 11.3 Å². The molecule has 11 heteroatoms. The van der Waals surface area contributed by atoms with Gasteiger partial charge in [0.25, 0.3) is 0 Å². The van der Waals surface area contributed by atoms with Gasteiger partial charge in [0.2, 0.25) is 10.0 Å². The average Bonchev–Trinajstić information content (AvgIpc) is 2.90. The van der Waals surface area contributed by atoms with Gasteiger partial charge in [-0.05, 0) is 13.0 Å². The Bertz CT molecular complexity index is 856. The second kappa shape index (κ2) is 6.23. The molecular formula is C12H9F3N4O2S2. The van der Waals surface area contributed by atoms with Crippen molar-refractivity contribution in [2.45, 2.75) is 24.0 Å². The quantitative estimate of drug-likeness (QED) is 0.900. The van der Waals surface area contributed by atoms with Crippen LogP contribution >= 0.6 is 11.3 Å². The number of halogens is 3. The molecule has 0 amide bonds. The number of thiazole rings is 1. The number of hydrogen-bond donors (Lipinski definition) is 1. The lowest BCUT2D eigenvalue weighted by molar-refractivity contribution is -0.153. The maximum absolute atomic E-state index is 13.2. The van der Waals surface area contributed by atoms with Crippen molar-refractivity contribution in [3.8, 4) is 6.07 Å². The molecule has 2 aromatic heterocycles. The van der Waals surface area contributed by atoms with E-state index in [-0.39, 0.29) is 5.56 Å². The van der Waals surface area contributed by atoms with E-state index in [9.17, 15) is 21.6 Å². The molecule has 0 radical (unpaired) electrons. The molecule has 0 spiro atoms. The number of nitrogens with one attached hydrogen (secondary N) is 1. The van der Waals surface area contributed by atoms with Crippen molar-refractivity contribution >= 4 is 21.4 Å². The van der Waals surface area contributed by atoms with Crippen LogP contribution in [0.2, 0.25) is 0 Å². The molecule has 122 valence electrons. The van der Waals surface area contributed by atoms with E-state index in [2.05, 4.69) is 9.97 Å². The fourth-order valence-electron chi connectivity index (χ4n) is 1.61. The first-order valence-corrected chi connectivity index (χ1v) is 8.30. The predicted molar refractivity (Wildman–Crippen MR) is 74.9 cm³/mol. The van der Waals surface area contributed by atoms with Crippen molar-refractivity contribution in [2.24, 2.45) is 0 Å². The van der Waals surface area contributed by atoms with Crippen LogP contribution in [0.5, 0.6) is 0 Å². The number of rotatable bonds is 4. The van der Waals surface area contributed by atoms with Crippen molar-refractivity contribution in [3.63, 3.8) is 0 Å². The van der Waals surface area contributed by atoms with Gasteiger partial charge in [0.05, 0.1) is 5.56 Å². The summed E-state index contributed by atoms with van der Waals surface area (Å²) in [5.74, 6) is 0. The lowest BCUT2D eigenvalue weighted by Gasteiger charge is -2.19. The summed E-state index contributed by atoms with van der Waals surface area (Å²) in [5.41, 5.74) is -0.0819. The molecule has 1 unspecified atom stereocenters. The van der Waals surface area contributed by atoms with Gasteiger partial charge in [-0.1, -0.05) is 0 Å². The van der Waals surface area contributed by atoms with Gasteiger partial charge in [0.1, 0.15) is 16.0 Å². The topological polar surface area (TPSA) is 95.7 Å². The summed E-state index contributed by atoms with van der Waals surface area (Å²) in [5, 5.41) is 8.31. The summed E-state index contributed by atoms with van der Waals surface area (Å²) < 4.78 is 65.4. The second-order valence-electron chi connectivity index (χ2n) is 4.43. The second-order valence-corrected chi connectivity index (χ2v) is 7.41. The molecule has 0 bridgehead atoms. The Kier molecular flexibility index (Phi) is 4.69. The van der Waals surface area contributed by atoms with Crippen molar-refractivity contribution < 1.29 is 21.6 Å². The zero-order valence-electron chi connectivity index (χ0n) is 11.5. The molecule has 2 rings (SSSR count). The largest absolute Gasteiger partial charge is 0.411 e. The average molecular weight is 362 g/mol. The number of sulfonamides is 1. The third kappa shape index (κ3) is 4.04. The molecule has 0 saturated carbocycles. The number of nitriles is 1. The minimum Gasteiger partial charge on any atom is -0.262 e. The number of aromatic nitrogens is 2. The summed E-state index contributed by atoms with van der Waals surface area (Å²) in [6.07, 6.45) is -1.67. The Hall–Kier alpha value is -2.03. The molecule has 1 atom stereocenters. The Labute approximate surface area is 133 Å². The summed E-state index contributed by atoms with van der Waals surface area (Å²) in [7, 11) is -4.53. The first-order valence-electron chi connectivity index (χ1n) is 6.00. The molecule has 0 aliphatic rings. The molecule has 0 fully saturated rings. The van der Waals surface area contributed by atoms with Crippen LogP contribution in [-0.4, -0.2) is 24.6 Å². The number of hydrogen-bond acceptors (Lipinski definition) is 6. The van der Waals surface area contributed by atoms with Crippen LogP contribution in [-0.2, 0) is 10.0 Å². The maximum atomic E-state index is 13.2. The van der Waals surface area contributed by atoms with Crippen LogP contribution in [0.25, 0.3) is 0 Å². The maximum Gasteiger partial charge on any atom is 0.411 e. The molecule has 1 N–H and O–H groups in total. The molecule has 2 aromatic rings. The van der Waals surface area contributed by atoms with E-state index in [1.807, 2.05) is 0 Å². The summed E-state index contributed by atoms with van der Waals surface area (Å²) in [6, 6.07) is 0.136. The number of pyridine rings is 1.